The molecule has 0 aliphatic rings. The van der Waals surface area contributed by atoms with Crippen molar-refractivity contribution in [2.75, 3.05) is 16.6 Å². The molecule has 0 aromatic heterocycles. The van der Waals surface area contributed by atoms with Gasteiger partial charge in [-0.3, -0.25) is 9.52 Å². The van der Waals surface area contributed by atoms with Crippen LogP contribution in [-0.4, -0.2) is 20.9 Å². The molecule has 0 bridgehead atoms. The number of sulfonamides is 1. The summed E-state index contributed by atoms with van der Waals surface area (Å²) in [5.41, 5.74) is 4.05. The van der Waals surface area contributed by atoms with Crippen LogP contribution in [0.3, 0.4) is 0 Å². The molecule has 1 amide bonds. The van der Waals surface area contributed by atoms with Gasteiger partial charge in [-0.05, 0) is 78.8 Å². The monoisotopic (exact) mass is 480 g/mol. The first-order valence-electron chi connectivity index (χ1n) is 11.2. The third kappa shape index (κ3) is 6.17. The minimum absolute atomic E-state index is 0.0871. The van der Waals surface area contributed by atoms with E-state index in [1.165, 1.54) is 17.7 Å². The molecule has 3 rings (SSSR count). The van der Waals surface area contributed by atoms with E-state index in [2.05, 4.69) is 30.8 Å². The van der Waals surface area contributed by atoms with Gasteiger partial charge in [-0.2, -0.15) is 0 Å². The highest BCUT2D eigenvalue weighted by Crippen LogP contribution is 2.28. The lowest BCUT2D eigenvalue weighted by molar-refractivity contribution is -0.118. The summed E-state index contributed by atoms with van der Waals surface area (Å²) in [5, 5.41) is 2.72. The van der Waals surface area contributed by atoms with Gasteiger partial charge in [0.05, 0.1) is 10.6 Å². The molecule has 0 radical (unpaired) electrons. The van der Waals surface area contributed by atoms with Crippen LogP contribution in [0.25, 0.3) is 0 Å². The molecule has 0 aliphatic carbocycles. The predicted molar refractivity (Wildman–Crippen MR) is 137 cm³/mol. The second-order valence-corrected chi connectivity index (χ2v) is 10.7. The molecular formula is C27H32N2O4S. The van der Waals surface area contributed by atoms with E-state index in [-0.39, 0.29) is 22.8 Å². The molecule has 0 aliphatic heterocycles. The summed E-state index contributed by atoms with van der Waals surface area (Å²) in [4.78, 5) is 12.4. The van der Waals surface area contributed by atoms with E-state index < -0.39 is 10.0 Å². The number of amides is 1. The number of nitrogens with one attached hydrogen (secondary N) is 2. The molecule has 0 unspecified atom stereocenters. The average Bonchev–Trinajstić information content (AvgIpc) is 2.81. The molecule has 0 spiro atoms. The molecule has 0 atom stereocenters. The van der Waals surface area contributed by atoms with Crippen LogP contribution in [0.2, 0.25) is 0 Å². The summed E-state index contributed by atoms with van der Waals surface area (Å²) >= 11 is 0. The van der Waals surface area contributed by atoms with Crippen molar-refractivity contribution in [1.29, 1.82) is 0 Å². The fraction of sp³-hybridized carbons (Fsp3) is 0.296. The van der Waals surface area contributed by atoms with Gasteiger partial charge >= 0.3 is 0 Å². The van der Waals surface area contributed by atoms with Crippen LogP contribution in [-0.2, 0) is 20.2 Å². The molecule has 0 heterocycles. The van der Waals surface area contributed by atoms with E-state index in [0.29, 0.717) is 17.1 Å². The van der Waals surface area contributed by atoms with Crippen molar-refractivity contribution < 1.29 is 17.9 Å². The van der Waals surface area contributed by atoms with Gasteiger partial charge in [-0.15, -0.1) is 0 Å². The Kier molecular flexibility index (Phi) is 7.67. The minimum atomic E-state index is -3.75. The predicted octanol–water partition coefficient (Wildman–Crippen LogP) is 5.81. The van der Waals surface area contributed by atoms with Gasteiger partial charge in [-0.1, -0.05) is 51.1 Å². The smallest absolute Gasteiger partial charge is 0.262 e. The molecular weight excluding hydrogens is 448 g/mol. The van der Waals surface area contributed by atoms with Crippen molar-refractivity contribution in [3.8, 4) is 5.75 Å². The highest BCUT2D eigenvalue weighted by Gasteiger charge is 2.18. The molecule has 6 nitrogen and oxygen atoms in total. The summed E-state index contributed by atoms with van der Waals surface area (Å²) in [6.07, 6.45) is 1.03. The van der Waals surface area contributed by atoms with Crippen molar-refractivity contribution in [1.82, 2.24) is 0 Å². The number of para-hydroxylation sites is 1. The van der Waals surface area contributed by atoms with Crippen LogP contribution in [0.1, 0.15) is 43.9 Å². The Morgan fingerprint density at radius 3 is 2.06 bits per heavy atom. The Morgan fingerprint density at radius 2 is 1.50 bits per heavy atom. The number of benzene rings is 3. The van der Waals surface area contributed by atoms with Gasteiger partial charge in [0.1, 0.15) is 5.75 Å². The summed E-state index contributed by atoms with van der Waals surface area (Å²) in [7, 11) is -3.75. The maximum Gasteiger partial charge on any atom is 0.262 e. The van der Waals surface area contributed by atoms with Crippen molar-refractivity contribution in [2.24, 2.45) is 0 Å². The number of rotatable bonds is 9. The molecule has 34 heavy (non-hydrogen) atoms. The topological polar surface area (TPSA) is 84.5 Å². The number of aryl methyl sites for hydroxylation is 2. The maximum atomic E-state index is 12.8. The van der Waals surface area contributed by atoms with Crippen molar-refractivity contribution in [2.45, 2.75) is 51.3 Å². The lowest BCUT2D eigenvalue weighted by atomic mass is 9.82. The number of carbonyl (C=O) groups excluding carboxylic acids is 1. The third-order valence-electron chi connectivity index (χ3n) is 6.06. The zero-order valence-corrected chi connectivity index (χ0v) is 21.1. The molecule has 0 saturated carbocycles. The quantitative estimate of drug-likeness (QED) is 0.405. The summed E-state index contributed by atoms with van der Waals surface area (Å²) in [6, 6.07) is 19.4. The zero-order valence-electron chi connectivity index (χ0n) is 20.3. The minimum Gasteiger partial charge on any atom is -0.484 e. The van der Waals surface area contributed by atoms with E-state index in [1.807, 2.05) is 56.3 Å². The van der Waals surface area contributed by atoms with E-state index in [4.69, 9.17) is 4.74 Å². The van der Waals surface area contributed by atoms with Gasteiger partial charge in [0.15, 0.2) is 6.61 Å². The Hall–Kier alpha value is -3.32. The lowest BCUT2D eigenvalue weighted by Gasteiger charge is -2.23. The third-order valence-corrected chi connectivity index (χ3v) is 7.42. The normalized spacial score (nSPS) is 11.7. The summed E-state index contributed by atoms with van der Waals surface area (Å²) in [6.45, 7) is 10.1. The summed E-state index contributed by atoms with van der Waals surface area (Å²) in [5.74, 6) is 0.284. The van der Waals surface area contributed by atoms with E-state index in [1.54, 1.807) is 12.1 Å². The van der Waals surface area contributed by atoms with Crippen molar-refractivity contribution in [3.05, 3.63) is 83.4 Å². The van der Waals surface area contributed by atoms with E-state index >= 15 is 0 Å². The van der Waals surface area contributed by atoms with Gasteiger partial charge in [0, 0.05) is 5.69 Å². The molecule has 180 valence electrons. The van der Waals surface area contributed by atoms with Gasteiger partial charge in [0.25, 0.3) is 15.9 Å². The zero-order chi connectivity index (χ0) is 24.9. The summed E-state index contributed by atoms with van der Waals surface area (Å²) < 4.78 is 33.8. The van der Waals surface area contributed by atoms with Crippen molar-refractivity contribution >= 4 is 27.3 Å². The first kappa shape index (κ1) is 25.3. The highest BCUT2D eigenvalue weighted by atomic mass is 32.2. The van der Waals surface area contributed by atoms with Crippen molar-refractivity contribution in [3.63, 3.8) is 0 Å². The van der Waals surface area contributed by atoms with E-state index in [0.717, 1.165) is 17.5 Å². The fourth-order valence-corrected chi connectivity index (χ4v) is 4.64. The number of anilines is 2. The largest absolute Gasteiger partial charge is 0.484 e. The molecule has 0 saturated heterocycles. The van der Waals surface area contributed by atoms with Gasteiger partial charge in [0.2, 0.25) is 0 Å². The van der Waals surface area contributed by atoms with Gasteiger partial charge < -0.3 is 10.1 Å². The Balaban J connectivity index is 1.58. The second-order valence-electron chi connectivity index (χ2n) is 9.00. The Bertz CT molecular complexity index is 1230. The van der Waals surface area contributed by atoms with Crippen LogP contribution in [0, 0.1) is 13.8 Å². The molecule has 7 heteroatoms. The van der Waals surface area contributed by atoms with Gasteiger partial charge in [-0.25, -0.2) is 8.42 Å². The number of hydrogen-bond donors (Lipinski definition) is 2. The van der Waals surface area contributed by atoms with E-state index in [9.17, 15) is 13.2 Å². The first-order valence-corrected chi connectivity index (χ1v) is 12.7. The molecule has 3 aromatic rings. The maximum absolute atomic E-state index is 12.8. The molecule has 0 fully saturated rings. The Labute approximate surface area is 202 Å². The fourth-order valence-electron chi connectivity index (χ4n) is 3.44. The highest BCUT2D eigenvalue weighted by molar-refractivity contribution is 7.92. The average molecular weight is 481 g/mol. The van der Waals surface area contributed by atoms with Crippen LogP contribution < -0.4 is 14.8 Å². The lowest BCUT2D eigenvalue weighted by Crippen LogP contribution is -2.20. The van der Waals surface area contributed by atoms with Crippen LogP contribution in [0.4, 0.5) is 11.4 Å². The number of carbonyl (C=O) groups is 1. The Morgan fingerprint density at radius 1 is 0.912 bits per heavy atom. The number of hydrogen-bond acceptors (Lipinski definition) is 4. The SMILES string of the molecule is CCC(C)(C)c1ccc(OCC(=O)Nc2ccc(S(=O)(=O)Nc3c(C)cccc3C)cc2)cc1. The van der Waals surface area contributed by atoms with Crippen LogP contribution in [0.15, 0.2) is 71.6 Å². The second kappa shape index (κ2) is 10.3. The molecule has 2 N–H and O–H groups in total. The first-order chi connectivity index (χ1) is 16.0. The molecule has 3 aromatic carbocycles. The van der Waals surface area contributed by atoms with Crippen LogP contribution >= 0.6 is 0 Å². The number of ether oxygens (including phenoxy) is 1. The standard InChI is InChI=1S/C27H32N2O4S/c1-6-27(4,5)21-10-14-23(15-11-21)33-18-25(30)28-22-12-16-24(17-13-22)34(31,32)29-26-19(2)8-7-9-20(26)3/h7-17,29H,6,18H2,1-5H3,(H,28,30). The van der Waals surface area contributed by atoms with Crippen LogP contribution in [0.5, 0.6) is 5.75 Å².